The molecule has 1 aromatic carbocycles. The van der Waals surface area contributed by atoms with Crippen molar-refractivity contribution in [3.63, 3.8) is 0 Å². The first kappa shape index (κ1) is 10.9. The minimum atomic E-state index is 0.756. The van der Waals surface area contributed by atoms with Crippen molar-refractivity contribution >= 4 is 0 Å². The smallest absolute Gasteiger partial charge is 0.165 e. The number of nitrogens with one attached hydrogen (secondary N) is 1. The zero-order valence-corrected chi connectivity index (χ0v) is 10.1. The Labute approximate surface area is 102 Å². The van der Waals surface area contributed by atoms with Gasteiger partial charge in [-0.2, -0.15) is 0 Å². The van der Waals surface area contributed by atoms with Crippen molar-refractivity contribution in [2.75, 3.05) is 19.8 Å². The highest BCUT2D eigenvalue weighted by atomic mass is 16.5. The van der Waals surface area contributed by atoms with Crippen LogP contribution in [-0.4, -0.2) is 19.8 Å². The van der Waals surface area contributed by atoms with Crippen LogP contribution in [0.4, 0.5) is 0 Å². The Morgan fingerprint density at radius 2 is 2.06 bits per heavy atom. The van der Waals surface area contributed by atoms with Crippen LogP contribution in [0.15, 0.2) is 18.2 Å². The topological polar surface area (TPSA) is 30.5 Å². The maximum Gasteiger partial charge on any atom is 0.165 e. The van der Waals surface area contributed by atoms with Crippen LogP contribution in [-0.2, 0) is 6.54 Å². The Kier molecular flexibility index (Phi) is 3.18. The van der Waals surface area contributed by atoms with Crippen molar-refractivity contribution in [3.8, 4) is 11.5 Å². The zero-order chi connectivity index (χ0) is 11.5. The highest BCUT2D eigenvalue weighted by molar-refractivity contribution is 5.47. The van der Waals surface area contributed by atoms with Crippen LogP contribution in [0.3, 0.4) is 0 Å². The van der Waals surface area contributed by atoms with E-state index in [4.69, 9.17) is 9.47 Å². The molecule has 1 N–H and O–H groups in total. The van der Waals surface area contributed by atoms with E-state index in [-0.39, 0.29) is 0 Å². The van der Waals surface area contributed by atoms with Gasteiger partial charge < -0.3 is 14.8 Å². The van der Waals surface area contributed by atoms with Crippen molar-refractivity contribution < 1.29 is 9.47 Å². The van der Waals surface area contributed by atoms with Crippen molar-refractivity contribution in [1.82, 2.24) is 5.32 Å². The normalized spacial score (nSPS) is 18.8. The molecule has 0 radical (unpaired) electrons. The van der Waals surface area contributed by atoms with E-state index in [0.29, 0.717) is 0 Å². The third-order valence-electron chi connectivity index (χ3n) is 3.30. The number of ether oxygens (including phenoxy) is 2. The minimum absolute atomic E-state index is 0.756. The lowest BCUT2D eigenvalue weighted by Gasteiger charge is -2.12. The molecule has 0 bridgehead atoms. The summed E-state index contributed by atoms with van der Waals surface area (Å²) in [4.78, 5) is 0. The average molecular weight is 233 g/mol. The summed E-state index contributed by atoms with van der Waals surface area (Å²) in [6.45, 7) is 3.52. The second-order valence-corrected chi connectivity index (χ2v) is 4.87. The molecule has 1 aliphatic carbocycles. The first-order chi connectivity index (χ1) is 8.43. The van der Waals surface area contributed by atoms with Crippen LogP contribution >= 0.6 is 0 Å². The van der Waals surface area contributed by atoms with Gasteiger partial charge >= 0.3 is 0 Å². The van der Waals surface area contributed by atoms with Gasteiger partial charge in [-0.05, 0) is 31.4 Å². The van der Waals surface area contributed by atoms with Crippen LogP contribution in [0.25, 0.3) is 0 Å². The third kappa shape index (κ3) is 2.72. The summed E-state index contributed by atoms with van der Waals surface area (Å²) < 4.78 is 11.5. The fourth-order valence-corrected chi connectivity index (χ4v) is 2.13. The van der Waals surface area contributed by atoms with Crippen LogP contribution in [0.1, 0.15) is 24.8 Å². The molecule has 0 aromatic heterocycles. The quantitative estimate of drug-likeness (QED) is 0.866. The first-order valence-electron chi connectivity index (χ1n) is 6.52. The molecule has 1 saturated carbocycles. The molecule has 0 unspecified atom stereocenters. The predicted octanol–water partition coefficient (Wildman–Crippen LogP) is 2.35. The lowest BCUT2D eigenvalue weighted by Crippen LogP contribution is -2.16. The van der Waals surface area contributed by atoms with Gasteiger partial charge in [-0.15, -0.1) is 0 Å². The number of hydrogen-bond donors (Lipinski definition) is 1. The summed E-state index contributed by atoms with van der Waals surface area (Å²) in [7, 11) is 0. The molecule has 0 spiro atoms. The lowest BCUT2D eigenvalue weighted by atomic mass is 10.2. The molecule has 0 amide bonds. The number of hydrogen-bond acceptors (Lipinski definition) is 3. The van der Waals surface area contributed by atoms with E-state index in [1.807, 2.05) is 12.1 Å². The number of fused-ring (bicyclic) bond motifs is 1. The Bertz CT molecular complexity index is 388. The molecule has 0 saturated heterocycles. The van der Waals surface area contributed by atoms with Crippen molar-refractivity contribution in [1.29, 1.82) is 0 Å². The van der Waals surface area contributed by atoms with Gasteiger partial charge in [-0.1, -0.05) is 12.1 Å². The van der Waals surface area contributed by atoms with E-state index < -0.39 is 0 Å². The van der Waals surface area contributed by atoms with Gasteiger partial charge in [0.25, 0.3) is 0 Å². The van der Waals surface area contributed by atoms with E-state index >= 15 is 0 Å². The van der Waals surface area contributed by atoms with Gasteiger partial charge in [0.15, 0.2) is 11.5 Å². The van der Waals surface area contributed by atoms with E-state index in [1.54, 1.807) is 0 Å². The fourth-order valence-electron chi connectivity index (χ4n) is 2.13. The van der Waals surface area contributed by atoms with Crippen LogP contribution in [0.2, 0.25) is 0 Å². The highest BCUT2D eigenvalue weighted by Crippen LogP contribution is 2.33. The molecule has 3 nitrogen and oxygen atoms in total. The molecule has 92 valence electrons. The van der Waals surface area contributed by atoms with Gasteiger partial charge in [-0.3, -0.25) is 0 Å². The summed E-state index contributed by atoms with van der Waals surface area (Å²) in [6, 6.07) is 6.15. The van der Waals surface area contributed by atoms with Gasteiger partial charge in [-0.25, -0.2) is 0 Å². The molecular formula is C14H19NO2. The largest absolute Gasteiger partial charge is 0.490 e. The molecular weight excluding hydrogens is 214 g/mol. The summed E-state index contributed by atoms with van der Waals surface area (Å²) in [5, 5.41) is 3.50. The van der Waals surface area contributed by atoms with Gasteiger partial charge in [0.05, 0.1) is 13.2 Å². The Morgan fingerprint density at radius 1 is 1.18 bits per heavy atom. The van der Waals surface area contributed by atoms with Crippen molar-refractivity contribution in [2.45, 2.75) is 25.8 Å². The highest BCUT2D eigenvalue weighted by Gasteiger charge is 2.21. The maximum atomic E-state index is 5.79. The molecule has 3 rings (SSSR count). The Balaban J connectivity index is 1.68. The molecule has 0 atom stereocenters. The zero-order valence-electron chi connectivity index (χ0n) is 10.1. The molecule has 1 fully saturated rings. The maximum absolute atomic E-state index is 5.79. The standard InChI is InChI=1S/C14H19NO2/c1-3-12(10-15-9-11-5-6-11)14-13(4-1)16-7-2-8-17-14/h1,3-4,11,15H,2,5-10H2. The molecule has 3 heteroatoms. The lowest BCUT2D eigenvalue weighted by molar-refractivity contribution is 0.296. The Morgan fingerprint density at radius 3 is 2.94 bits per heavy atom. The second kappa shape index (κ2) is 4.96. The first-order valence-corrected chi connectivity index (χ1v) is 6.52. The summed E-state index contributed by atoms with van der Waals surface area (Å²) in [5.74, 6) is 2.75. The van der Waals surface area contributed by atoms with Crippen molar-refractivity contribution in [3.05, 3.63) is 23.8 Å². The number of para-hydroxylation sites is 1. The summed E-state index contributed by atoms with van der Waals surface area (Å²) in [6.07, 6.45) is 3.74. The van der Waals surface area contributed by atoms with E-state index in [9.17, 15) is 0 Å². The summed E-state index contributed by atoms with van der Waals surface area (Å²) in [5.41, 5.74) is 1.21. The van der Waals surface area contributed by atoms with Crippen LogP contribution in [0, 0.1) is 5.92 Å². The van der Waals surface area contributed by atoms with Gasteiger partial charge in [0, 0.05) is 18.5 Å². The predicted molar refractivity (Wildman–Crippen MR) is 66.5 cm³/mol. The minimum Gasteiger partial charge on any atom is -0.490 e. The monoisotopic (exact) mass is 233 g/mol. The van der Waals surface area contributed by atoms with Gasteiger partial charge in [0.1, 0.15) is 0 Å². The SMILES string of the molecule is c1cc(CNCC2CC2)c2c(c1)OCCCO2. The molecule has 17 heavy (non-hydrogen) atoms. The average Bonchev–Trinajstić information content (AvgIpc) is 3.14. The van der Waals surface area contributed by atoms with E-state index in [0.717, 1.165) is 50.1 Å². The molecule has 1 heterocycles. The summed E-state index contributed by atoms with van der Waals surface area (Å²) >= 11 is 0. The van der Waals surface area contributed by atoms with Crippen LogP contribution < -0.4 is 14.8 Å². The van der Waals surface area contributed by atoms with E-state index in [1.165, 1.54) is 18.4 Å². The molecule has 1 aliphatic heterocycles. The Hall–Kier alpha value is -1.22. The van der Waals surface area contributed by atoms with Crippen LogP contribution in [0.5, 0.6) is 11.5 Å². The second-order valence-electron chi connectivity index (χ2n) is 4.87. The number of benzene rings is 1. The van der Waals surface area contributed by atoms with Crippen molar-refractivity contribution in [2.24, 2.45) is 5.92 Å². The molecule has 1 aromatic rings. The fraction of sp³-hybridized carbons (Fsp3) is 0.571. The molecule has 2 aliphatic rings. The van der Waals surface area contributed by atoms with Gasteiger partial charge in [0.2, 0.25) is 0 Å². The third-order valence-corrected chi connectivity index (χ3v) is 3.30. The van der Waals surface area contributed by atoms with E-state index in [2.05, 4.69) is 11.4 Å². The number of rotatable bonds is 4.